The van der Waals surface area contributed by atoms with E-state index >= 15 is 0 Å². The Bertz CT molecular complexity index is 1090. The summed E-state index contributed by atoms with van der Waals surface area (Å²) in [4.78, 5) is 22.3. The maximum absolute atomic E-state index is 13.3. The molecule has 1 saturated heterocycles. The smallest absolute Gasteiger partial charge is 0.261 e. The van der Waals surface area contributed by atoms with Gasteiger partial charge in [-0.1, -0.05) is 11.8 Å². The van der Waals surface area contributed by atoms with Crippen molar-refractivity contribution in [2.75, 3.05) is 19.3 Å². The van der Waals surface area contributed by atoms with Crippen LogP contribution < -0.4 is 10.9 Å². The molecule has 30 heavy (non-hydrogen) atoms. The second-order valence-electron chi connectivity index (χ2n) is 7.72. The molecule has 1 fully saturated rings. The molecule has 2 aliphatic rings. The third-order valence-electron chi connectivity index (χ3n) is 6.02. The van der Waals surface area contributed by atoms with E-state index in [9.17, 15) is 4.79 Å². The van der Waals surface area contributed by atoms with Gasteiger partial charge in [-0.25, -0.2) is 9.97 Å². The number of nitrogens with one attached hydrogen (secondary N) is 1. The Morgan fingerprint density at radius 1 is 1.23 bits per heavy atom. The first-order chi connectivity index (χ1) is 13.7. The van der Waals surface area contributed by atoms with Crippen molar-refractivity contribution in [3.63, 3.8) is 0 Å². The summed E-state index contributed by atoms with van der Waals surface area (Å²) in [5, 5.41) is 4.47. The molecule has 0 aromatic carbocycles. The summed E-state index contributed by atoms with van der Waals surface area (Å²) in [6.07, 6.45) is 8.79. The standard InChI is InChI=1S/C20H24N6OS.2ClH/c1-24-15(10-23-20(24)28-2)12-25-6-5-22-18(25)16-3-4-17-14-7-13(8-21-9-14)11-26(17)19(16)27;;/h3-6,10,13-14,21H,7-9,11-12H2,1-2H3;2*1H/t13-,14+;;/m0../s1. The van der Waals surface area contributed by atoms with Crippen molar-refractivity contribution in [3.05, 3.63) is 52.5 Å². The van der Waals surface area contributed by atoms with Gasteiger partial charge in [-0.05, 0) is 37.3 Å². The Morgan fingerprint density at radius 3 is 2.83 bits per heavy atom. The molecule has 0 radical (unpaired) electrons. The number of pyridine rings is 1. The van der Waals surface area contributed by atoms with E-state index in [1.54, 1.807) is 18.0 Å². The molecule has 0 saturated carbocycles. The molecule has 10 heteroatoms. The van der Waals surface area contributed by atoms with Crippen LogP contribution in [0.5, 0.6) is 0 Å². The highest BCUT2D eigenvalue weighted by atomic mass is 35.5. The summed E-state index contributed by atoms with van der Waals surface area (Å²) in [7, 11) is 2.02. The molecule has 5 rings (SSSR count). The molecule has 7 nitrogen and oxygen atoms in total. The van der Waals surface area contributed by atoms with Crippen molar-refractivity contribution in [1.29, 1.82) is 0 Å². The van der Waals surface area contributed by atoms with Crippen LogP contribution in [0.4, 0.5) is 0 Å². The highest BCUT2D eigenvalue weighted by Crippen LogP contribution is 2.32. The number of nitrogens with zero attached hydrogens (tertiary/aromatic N) is 5. The lowest BCUT2D eigenvalue weighted by Crippen LogP contribution is -2.45. The molecule has 0 unspecified atom stereocenters. The van der Waals surface area contributed by atoms with Gasteiger partial charge in [0.25, 0.3) is 5.56 Å². The van der Waals surface area contributed by atoms with Crippen LogP contribution in [0.1, 0.15) is 23.7 Å². The zero-order valence-corrected chi connectivity index (χ0v) is 19.4. The normalized spacial score (nSPS) is 19.5. The number of hydrogen-bond donors (Lipinski definition) is 1. The summed E-state index contributed by atoms with van der Waals surface area (Å²) < 4.78 is 6.11. The Morgan fingerprint density at radius 2 is 2.07 bits per heavy atom. The van der Waals surface area contributed by atoms with Crippen LogP contribution in [-0.4, -0.2) is 43.0 Å². The van der Waals surface area contributed by atoms with Crippen molar-refractivity contribution in [1.82, 2.24) is 29.0 Å². The van der Waals surface area contributed by atoms with E-state index in [1.807, 2.05) is 40.9 Å². The minimum absolute atomic E-state index is 0. The maximum atomic E-state index is 13.3. The number of rotatable bonds is 4. The zero-order valence-electron chi connectivity index (χ0n) is 16.9. The number of thioether (sulfide) groups is 1. The monoisotopic (exact) mass is 468 g/mol. The Kier molecular flexibility index (Phi) is 7.02. The summed E-state index contributed by atoms with van der Waals surface area (Å²) in [6, 6.07) is 4.08. The largest absolute Gasteiger partial charge is 0.325 e. The lowest BCUT2D eigenvalue weighted by Gasteiger charge is -2.37. The third kappa shape index (κ3) is 3.82. The number of aromatic nitrogens is 5. The first kappa shape index (κ1) is 22.9. The van der Waals surface area contributed by atoms with E-state index in [2.05, 4.69) is 25.9 Å². The van der Waals surface area contributed by atoms with Gasteiger partial charge in [0.05, 0.1) is 24.0 Å². The second-order valence-corrected chi connectivity index (χ2v) is 8.49. The maximum Gasteiger partial charge on any atom is 0.261 e. The minimum Gasteiger partial charge on any atom is -0.325 e. The van der Waals surface area contributed by atoms with Gasteiger partial charge in [-0.3, -0.25) is 4.79 Å². The molecule has 5 heterocycles. The van der Waals surface area contributed by atoms with E-state index < -0.39 is 0 Å². The van der Waals surface area contributed by atoms with Gasteiger partial charge in [0, 0.05) is 44.1 Å². The van der Waals surface area contributed by atoms with Crippen LogP contribution in [-0.2, 0) is 20.1 Å². The Labute approximate surface area is 192 Å². The number of halogens is 2. The van der Waals surface area contributed by atoms with Gasteiger partial charge in [-0.15, -0.1) is 24.8 Å². The molecule has 0 amide bonds. The lowest BCUT2D eigenvalue weighted by molar-refractivity contribution is 0.257. The van der Waals surface area contributed by atoms with Crippen molar-refractivity contribution in [3.8, 4) is 11.4 Å². The van der Waals surface area contributed by atoms with Crippen molar-refractivity contribution >= 4 is 36.6 Å². The van der Waals surface area contributed by atoms with Crippen LogP contribution in [0.3, 0.4) is 0 Å². The number of imidazole rings is 2. The number of fused-ring (bicyclic) bond motifs is 4. The average molecular weight is 469 g/mol. The highest BCUT2D eigenvalue weighted by Gasteiger charge is 2.31. The fourth-order valence-electron chi connectivity index (χ4n) is 4.58. The van der Waals surface area contributed by atoms with Gasteiger partial charge >= 0.3 is 0 Å². The SMILES string of the molecule is CSc1ncc(Cn2ccnc2-c2ccc3n(c2=O)C[C@@H]2CNC[C@H]3C2)n1C.Cl.Cl. The number of hydrogen-bond acceptors (Lipinski definition) is 5. The van der Waals surface area contributed by atoms with E-state index in [0.29, 0.717) is 23.9 Å². The predicted molar refractivity (Wildman–Crippen MR) is 124 cm³/mol. The third-order valence-corrected chi connectivity index (χ3v) is 6.77. The molecule has 1 N–H and O–H groups in total. The molecule has 162 valence electrons. The average Bonchev–Trinajstić information content (AvgIpc) is 3.30. The molecule has 0 spiro atoms. The molecule has 0 aliphatic carbocycles. The molecular formula is C20H26Cl2N6OS. The molecule has 2 atom stereocenters. The van der Waals surface area contributed by atoms with Crippen LogP contribution in [0.15, 0.2) is 40.7 Å². The summed E-state index contributed by atoms with van der Waals surface area (Å²) >= 11 is 1.62. The first-order valence-corrected chi connectivity index (χ1v) is 10.9. The summed E-state index contributed by atoms with van der Waals surface area (Å²) in [5.74, 6) is 1.70. The van der Waals surface area contributed by atoms with Gasteiger partial charge in [0.2, 0.25) is 0 Å². The topological polar surface area (TPSA) is 69.7 Å². The van der Waals surface area contributed by atoms with Gasteiger partial charge in [0.15, 0.2) is 5.16 Å². The van der Waals surface area contributed by atoms with Crippen molar-refractivity contribution < 1.29 is 0 Å². The molecule has 2 bridgehead atoms. The van der Waals surface area contributed by atoms with Gasteiger partial charge in [-0.2, -0.15) is 0 Å². The Hall–Kier alpha value is -1.74. The fourth-order valence-corrected chi connectivity index (χ4v) is 5.13. The van der Waals surface area contributed by atoms with E-state index in [1.165, 1.54) is 6.42 Å². The summed E-state index contributed by atoms with van der Waals surface area (Å²) in [5.41, 5.74) is 3.00. The van der Waals surface area contributed by atoms with Gasteiger partial charge in [0.1, 0.15) is 5.82 Å². The van der Waals surface area contributed by atoms with E-state index in [-0.39, 0.29) is 30.4 Å². The quantitative estimate of drug-likeness (QED) is 0.596. The van der Waals surface area contributed by atoms with Gasteiger partial charge < -0.3 is 19.0 Å². The van der Waals surface area contributed by atoms with E-state index in [0.717, 1.165) is 42.0 Å². The van der Waals surface area contributed by atoms with E-state index in [4.69, 9.17) is 0 Å². The molecule has 3 aromatic heterocycles. The summed E-state index contributed by atoms with van der Waals surface area (Å²) in [6.45, 7) is 3.39. The molecular weight excluding hydrogens is 443 g/mol. The zero-order chi connectivity index (χ0) is 19.3. The lowest BCUT2D eigenvalue weighted by atomic mass is 9.84. The van der Waals surface area contributed by atoms with Crippen molar-refractivity contribution in [2.45, 2.75) is 30.6 Å². The van der Waals surface area contributed by atoms with Crippen LogP contribution >= 0.6 is 36.6 Å². The second kappa shape index (κ2) is 9.18. The van der Waals surface area contributed by atoms with Crippen LogP contribution in [0.25, 0.3) is 11.4 Å². The minimum atomic E-state index is 0. The fraction of sp³-hybridized carbons (Fsp3) is 0.450. The highest BCUT2D eigenvalue weighted by molar-refractivity contribution is 7.98. The first-order valence-electron chi connectivity index (χ1n) is 9.66. The van der Waals surface area contributed by atoms with Crippen molar-refractivity contribution in [2.24, 2.45) is 13.0 Å². The Balaban J connectivity index is 0.00000128. The molecule has 2 aliphatic heterocycles. The number of piperidine rings is 1. The van der Waals surface area contributed by atoms with Crippen LogP contribution in [0.2, 0.25) is 0 Å². The molecule has 3 aromatic rings. The van der Waals surface area contributed by atoms with Crippen LogP contribution in [0, 0.1) is 5.92 Å². The predicted octanol–water partition coefficient (Wildman–Crippen LogP) is 2.77.